The first-order valence-electron chi connectivity index (χ1n) is 3.82. The Hall–Kier alpha value is -0.750. The molecule has 0 amide bonds. The molecule has 7 heteroatoms. The standard InChI is InChI=1S/C8H6ClF3N2S/c9-3-1-5-15-7-13-4-2-6(14-7)8(10,11)12/h1-4H,5H2/b3-1+. The lowest BCUT2D eigenvalue weighted by Gasteiger charge is -2.05. The van der Waals surface area contributed by atoms with Gasteiger partial charge >= 0.3 is 6.18 Å². The smallest absolute Gasteiger partial charge is 0.231 e. The third kappa shape index (κ3) is 4.09. The molecule has 2 nitrogen and oxygen atoms in total. The van der Waals surface area contributed by atoms with Crippen LogP contribution < -0.4 is 0 Å². The maximum atomic E-state index is 12.2. The zero-order valence-electron chi connectivity index (χ0n) is 7.33. The molecule has 0 unspecified atom stereocenters. The van der Waals surface area contributed by atoms with Gasteiger partial charge in [0.15, 0.2) is 5.16 Å². The average molecular weight is 255 g/mol. The molecule has 1 heterocycles. The van der Waals surface area contributed by atoms with Crippen molar-refractivity contribution in [1.29, 1.82) is 0 Å². The van der Waals surface area contributed by atoms with E-state index in [4.69, 9.17) is 11.6 Å². The number of thioether (sulfide) groups is 1. The Labute approximate surface area is 93.6 Å². The summed E-state index contributed by atoms with van der Waals surface area (Å²) < 4.78 is 36.7. The summed E-state index contributed by atoms with van der Waals surface area (Å²) in [5.41, 5.74) is 0.357. The van der Waals surface area contributed by atoms with Crippen LogP contribution in [0.1, 0.15) is 5.69 Å². The van der Waals surface area contributed by atoms with Crippen LogP contribution in [0, 0.1) is 0 Å². The van der Waals surface area contributed by atoms with E-state index >= 15 is 0 Å². The van der Waals surface area contributed by atoms with E-state index < -0.39 is 11.9 Å². The quantitative estimate of drug-likeness (QED) is 0.611. The zero-order chi connectivity index (χ0) is 11.3. The fourth-order valence-corrected chi connectivity index (χ4v) is 1.56. The lowest BCUT2D eigenvalue weighted by Crippen LogP contribution is -2.08. The minimum absolute atomic E-state index is 0.0830. The van der Waals surface area contributed by atoms with E-state index in [0.29, 0.717) is 5.75 Å². The minimum atomic E-state index is -4.43. The highest BCUT2D eigenvalue weighted by Gasteiger charge is 2.32. The van der Waals surface area contributed by atoms with Crippen molar-refractivity contribution in [3.63, 3.8) is 0 Å². The van der Waals surface area contributed by atoms with Crippen molar-refractivity contribution in [2.75, 3.05) is 5.75 Å². The monoisotopic (exact) mass is 254 g/mol. The molecule has 0 bridgehead atoms. The molecule has 0 N–H and O–H groups in total. The van der Waals surface area contributed by atoms with Gasteiger partial charge < -0.3 is 0 Å². The van der Waals surface area contributed by atoms with Crippen LogP contribution in [0.2, 0.25) is 0 Å². The second-order valence-corrected chi connectivity index (χ2v) is 3.63. The normalized spacial score (nSPS) is 12.3. The summed E-state index contributed by atoms with van der Waals surface area (Å²) in [6.45, 7) is 0. The minimum Gasteiger partial charge on any atom is -0.231 e. The molecule has 0 saturated heterocycles. The summed E-state index contributed by atoms with van der Waals surface area (Å²) in [7, 11) is 0. The van der Waals surface area contributed by atoms with Crippen LogP contribution in [0.25, 0.3) is 0 Å². The Kier molecular flexibility index (Phi) is 4.41. The number of hydrogen-bond donors (Lipinski definition) is 0. The second-order valence-electron chi connectivity index (χ2n) is 2.39. The van der Waals surface area contributed by atoms with E-state index in [1.54, 1.807) is 6.08 Å². The van der Waals surface area contributed by atoms with Crippen LogP contribution in [0.4, 0.5) is 13.2 Å². The van der Waals surface area contributed by atoms with Crippen molar-refractivity contribution >= 4 is 23.4 Å². The molecule has 1 aromatic rings. The summed E-state index contributed by atoms with van der Waals surface area (Å²) >= 11 is 6.34. The summed E-state index contributed by atoms with van der Waals surface area (Å²) in [4.78, 5) is 7.07. The molecular formula is C8H6ClF3N2S. The van der Waals surface area contributed by atoms with Crippen LogP contribution >= 0.6 is 23.4 Å². The van der Waals surface area contributed by atoms with Crippen LogP contribution in [-0.2, 0) is 6.18 Å². The van der Waals surface area contributed by atoms with Crippen molar-refractivity contribution in [1.82, 2.24) is 9.97 Å². The van der Waals surface area contributed by atoms with Gasteiger partial charge in [-0.1, -0.05) is 29.4 Å². The number of aromatic nitrogens is 2. The third-order valence-corrected chi connectivity index (χ3v) is 2.31. The van der Waals surface area contributed by atoms with E-state index in [2.05, 4.69) is 9.97 Å². The van der Waals surface area contributed by atoms with Crippen LogP contribution in [0.15, 0.2) is 29.0 Å². The van der Waals surface area contributed by atoms with E-state index in [1.165, 1.54) is 5.54 Å². The molecule has 0 aliphatic rings. The molecule has 0 fully saturated rings. The average Bonchev–Trinajstić information content (AvgIpc) is 2.17. The fourth-order valence-electron chi connectivity index (χ4n) is 0.727. The van der Waals surface area contributed by atoms with E-state index in [9.17, 15) is 13.2 Å². The lowest BCUT2D eigenvalue weighted by molar-refractivity contribution is -0.141. The van der Waals surface area contributed by atoms with Gasteiger partial charge in [0.05, 0.1) is 0 Å². The highest BCUT2D eigenvalue weighted by Crippen LogP contribution is 2.28. The van der Waals surface area contributed by atoms with Crippen molar-refractivity contribution < 1.29 is 13.2 Å². The van der Waals surface area contributed by atoms with Gasteiger partial charge in [-0.3, -0.25) is 0 Å². The van der Waals surface area contributed by atoms with Gasteiger partial charge in [-0.25, -0.2) is 9.97 Å². The summed E-state index contributed by atoms with van der Waals surface area (Å²) in [5.74, 6) is 0.435. The van der Waals surface area contributed by atoms with Gasteiger partial charge in [-0.15, -0.1) is 0 Å². The van der Waals surface area contributed by atoms with Crippen molar-refractivity contribution in [2.45, 2.75) is 11.3 Å². The van der Waals surface area contributed by atoms with E-state index in [1.807, 2.05) is 0 Å². The maximum Gasteiger partial charge on any atom is 0.433 e. The second kappa shape index (κ2) is 5.37. The predicted molar refractivity (Wildman–Crippen MR) is 52.8 cm³/mol. The third-order valence-electron chi connectivity index (χ3n) is 1.32. The van der Waals surface area contributed by atoms with Gasteiger partial charge in [0.1, 0.15) is 5.69 Å². The zero-order valence-corrected chi connectivity index (χ0v) is 8.90. The highest BCUT2D eigenvalue weighted by atomic mass is 35.5. The van der Waals surface area contributed by atoms with Crippen LogP contribution in [-0.4, -0.2) is 15.7 Å². The SMILES string of the molecule is FC(F)(F)c1ccnc(SC/C=C/Cl)n1. The predicted octanol–water partition coefficient (Wildman–Crippen LogP) is 3.34. The van der Waals surface area contributed by atoms with Crippen LogP contribution in [0.5, 0.6) is 0 Å². The largest absolute Gasteiger partial charge is 0.433 e. The first-order valence-corrected chi connectivity index (χ1v) is 5.24. The van der Waals surface area contributed by atoms with Crippen molar-refractivity contribution in [2.24, 2.45) is 0 Å². The van der Waals surface area contributed by atoms with Gasteiger partial charge in [0.25, 0.3) is 0 Å². The van der Waals surface area contributed by atoms with Gasteiger partial charge in [0, 0.05) is 17.5 Å². The Morgan fingerprint density at radius 1 is 1.47 bits per heavy atom. The summed E-state index contributed by atoms with van der Waals surface area (Å²) in [6, 6.07) is 0.835. The number of halogens is 4. The number of rotatable bonds is 3. The van der Waals surface area contributed by atoms with Gasteiger partial charge in [-0.2, -0.15) is 13.2 Å². The molecule has 0 spiro atoms. The number of alkyl halides is 3. The Bertz CT molecular complexity index is 354. The Morgan fingerprint density at radius 3 is 2.80 bits per heavy atom. The molecule has 0 saturated carbocycles. The molecule has 0 atom stereocenters. The highest BCUT2D eigenvalue weighted by molar-refractivity contribution is 7.99. The molecular weight excluding hydrogens is 249 g/mol. The molecule has 15 heavy (non-hydrogen) atoms. The number of hydrogen-bond acceptors (Lipinski definition) is 3. The van der Waals surface area contributed by atoms with Gasteiger partial charge in [0.2, 0.25) is 0 Å². The van der Waals surface area contributed by atoms with E-state index in [0.717, 1.165) is 24.0 Å². The Morgan fingerprint density at radius 2 is 2.20 bits per heavy atom. The number of nitrogens with zero attached hydrogens (tertiary/aromatic N) is 2. The van der Waals surface area contributed by atoms with Crippen LogP contribution in [0.3, 0.4) is 0 Å². The Balaban J connectivity index is 2.75. The lowest BCUT2D eigenvalue weighted by atomic mass is 10.4. The molecule has 1 aromatic heterocycles. The molecule has 0 aromatic carbocycles. The van der Waals surface area contributed by atoms with E-state index in [-0.39, 0.29) is 5.16 Å². The molecule has 82 valence electrons. The maximum absolute atomic E-state index is 12.2. The fraction of sp³-hybridized carbons (Fsp3) is 0.250. The van der Waals surface area contributed by atoms with Crippen molar-refractivity contribution in [3.05, 3.63) is 29.6 Å². The molecule has 0 aliphatic heterocycles. The summed E-state index contributed by atoms with van der Waals surface area (Å²) in [5, 5.41) is 0.0830. The topological polar surface area (TPSA) is 25.8 Å². The summed E-state index contributed by atoms with van der Waals surface area (Å²) in [6.07, 6.45) is -1.75. The van der Waals surface area contributed by atoms with Crippen molar-refractivity contribution in [3.8, 4) is 0 Å². The molecule has 0 aliphatic carbocycles. The molecule has 0 radical (unpaired) electrons. The van der Waals surface area contributed by atoms with Gasteiger partial charge in [-0.05, 0) is 6.07 Å². The first-order chi connectivity index (χ1) is 7.04. The molecule has 1 rings (SSSR count). The first kappa shape index (κ1) is 12.3.